The highest BCUT2D eigenvalue weighted by Crippen LogP contribution is 2.25. The van der Waals surface area contributed by atoms with Crippen molar-refractivity contribution in [3.8, 4) is 0 Å². The summed E-state index contributed by atoms with van der Waals surface area (Å²) in [5, 5.41) is 59.3. The van der Waals surface area contributed by atoms with Crippen molar-refractivity contribution < 1.29 is 40.7 Å². The molecule has 9 heteroatoms. The maximum Gasteiger partial charge on any atom is 0.169 e. The molecule has 0 saturated carbocycles. The zero-order valence-electron chi connectivity index (χ0n) is 9.58. The first-order valence-electron chi connectivity index (χ1n) is 5.42. The van der Waals surface area contributed by atoms with Crippen LogP contribution in [-0.4, -0.2) is 79.9 Å². The lowest BCUT2D eigenvalue weighted by molar-refractivity contribution is -0.806. The topological polar surface area (TPSA) is 143 Å². The van der Waals surface area contributed by atoms with Gasteiger partial charge in [0.1, 0.15) is 35.9 Å². The van der Waals surface area contributed by atoms with Crippen LogP contribution in [0.25, 0.3) is 0 Å². The average molecular weight is 286 g/mol. The molecule has 0 aromatic carbocycles. The molecule has 1 rings (SSSR count). The average Bonchev–Trinajstić information content (AvgIpc) is 2.61. The van der Waals surface area contributed by atoms with Crippen LogP contribution in [0, 0.1) is 0 Å². The van der Waals surface area contributed by atoms with Crippen LogP contribution < -0.4 is 5.26 Å². The molecular weight excluding hydrogens is 268 g/mol. The Kier molecular flexibility index (Phi) is 6.77. The van der Waals surface area contributed by atoms with Gasteiger partial charge in [0.2, 0.25) is 0 Å². The summed E-state index contributed by atoms with van der Waals surface area (Å²) in [5.74, 6) is 0.341. The lowest BCUT2D eigenvalue weighted by Gasteiger charge is -2.21. The van der Waals surface area contributed by atoms with Crippen molar-refractivity contribution in [2.75, 3.05) is 24.7 Å². The summed E-state index contributed by atoms with van der Waals surface area (Å²) in [6, 6.07) is 0. The van der Waals surface area contributed by atoms with E-state index in [9.17, 15) is 20.6 Å². The van der Waals surface area contributed by atoms with Crippen molar-refractivity contribution in [2.45, 2.75) is 29.7 Å². The van der Waals surface area contributed by atoms with Crippen LogP contribution in [0.5, 0.6) is 0 Å². The fraction of sp³-hybridized carbons (Fsp3) is 1.00. The summed E-state index contributed by atoms with van der Waals surface area (Å²) in [6.45, 7) is -0.910. The molecule has 1 aliphatic heterocycles. The Morgan fingerprint density at radius 3 is 2.50 bits per heavy atom. The fourth-order valence-corrected chi connectivity index (χ4v) is 4.59. The molecule has 0 aromatic heterocycles. The summed E-state index contributed by atoms with van der Waals surface area (Å²) < 4.78 is 0. The zero-order chi connectivity index (χ0) is 13.7. The number of aliphatic hydroxyl groups is 5. The van der Waals surface area contributed by atoms with E-state index >= 15 is 0 Å². The van der Waals surface area contributed by atoms with Crippen LogP contribution in [-0.2, 0) is 20.8 Å². The Balaban J connectivity index is 2.55. The first-order valence-corrected chi connectivity index (χ1v) is 7.05. The molecule has 0 amide bonds. The van der Waals surface area contributed by atoms with Crippen molar-refractivity contribution in [2.24, 2.45) is 0 Å². The number of hydrogen-bond donors (Lipinski definition) is 5. The Hall–Kier alpha value is 0.0300. The van der Waals surface area contributed by atoms with Gasteiger partial charge >= 0.3 is 0 Å². The summed E-state index contributed by atoms with van der Waals surface area (Å²) in [6.07, 6.45) is -4.35. The number of hydrogen-bond acceptors (Lipinski definition) is 8. The summed E-state index contributed by atoms with van der Waals surface area (Å²) in [5.41, 5.74) is 0. The Morgan fingerprint density at radius 1 is 1.33 bits per heavy atom. The van der Waals surface area contributed by atoms with E-state index in [1.165, 1.54) is 0 Å². The number of aliphatic hydroxyl groups excluding tert-OH is 5. The molecule has 0 aliphatic carbocycles. The molecule has 6 atom stereocenters. The molecule has 0 radical (unpaired) electrons. The Bertz CT molecular complexity index is 243. The second-order valence-corrected chi connectivity index (χ2v) is 6.45. The van der Waals surface area contributed by atoms with E-state index in [1.807, 2.05) is 0 Å². The summed E-state index contributed by atoms with van der Waals surface area (Å²) >= 11 is 0. The van der Waals surface area contributed by atoms with Gasteiger partial charge in [0.15, 0.2) is 5.25 Å². The first-order chi connectivity index (χ1) is 8.54. The maximum absolute atomic E-state index is 9.80. The van der Waals surface area contributed by atoms with Crippen molar-refractivity contribution in [3.05, 3.63) is 0 Å². The van der Waals surface area contributed by atoms with Crippen molar-refractivity contribution in [3.63, 3.8) is 0 Å². The van der Waals surface area contributed by atoms with Crippen LogP contribution in [0.15, 0.2) is 0 Å². The molecule has 0 spiro atoms. The van der Waals surface area contributed by atoms with Gasteiger partial charge in [-0.25, -0.2) is 4.89 Å². The van der Waals surface area contributed by atoms with Gasteiger partial charge in [-0.15, -0.1) is 0 Å². The first kappa shape index (κ1) is 16.1. The largest absolute Gasteiger partial charge is 0.692 e. The normalized spacial score (nSPS) is 35.7. The SMILES string of the molecule is [O-]OO[C@@H](CO)[C@H](O)C[S+]1C[C@@H](O)[C@H](O)[C@H]1CO. The highest BCUT2D eigenvalue weighted by atomic mass is 32.2. The molecule has 1 fully saturated rings. The van der Waals surface area contributed by atoms with Gasteiger partial charge in [-0.2, -0.15) is 0 Å². The maximum atomic E-state index is 9.80. The fourth-order valence-electron chi connectivity index (χ4n) is 1.88. The quantitative estimate of drug-likeness (QED) is 0.179. The van der Waals surface area contributed by atoms with E-state index in [2.05, 4.69) is 9.93 Å². The summed E-state index contributed by atoms with van der Waals surface area (Å²) in [7, 11) is -0.630. The third-order valence-corrected chi connectivity index (χ3v) is 5.75. The minimum absolute atomic E-state index is 0.0912. The zero-order valence-corrected chi connectivity index (χ0v) is 10.4. The van der Waals surface area contributed by atoms with Gasteiger partial charge in [-0.1, -0.05) is 0 Å². The van der Waals surface area contributed by atoms with Gasteiger partial charge in [0.05, 0.1) is 13.2 Å². The lowest BCUT2D eigenvalue weighted by atomic mass is 10.2. The van der Waals surface area contributed by atoms with E-state index in [4.69, 9.17) is 10.2 Å². The van der Waals surface area contributed by atoms with Crippen molar-refractivity contribution >= 4 is 10.9 Å². The highest BCUT2D eigenvalue weighted by molar-refractivity contribution is 7.97. The highest BCUT2D eigenvalue weighted by Gasteiger charge is 2.50. The van der Waals surface area contributed by atoms with Crippen LogP contribution in [0.2, 0.25) is 0 Å². The van der Waals surface area contributed by atoms with Crippen LogP contribution in [0.4, 0.5) is 0 Å². The molecule has 0 aromatic rings. The van der Waals surface area contributed by atoms with Crippen LogP contribution >= 0.6 is 0 Å². The molecule has 8 nitrogen and oxygen atoms in total. The van der Waals surface area contributed by atoms with Crippen LogP contribution in [0.1, 0.15) is 0 Å². The predicted molar refractivity (Wildman–Crippen MR) is 59.0 cm³/mol. The molecule has 0 bridgehead atoms. The predicted octanol–water partition coefficient (Wildman–Crippen LogP) is -4.35. The van der Waals surface area contributed by atoms with Crippen molar-refractivity contribution in [1.82, 2.24) is 0 Å². The molecule has 108 valence electrons. The molecule has 1 unspecified atom stereocenters. The van der Waals surface area contributed by atoms with Gasteiger partial charge < -0.3 is 30.8 Å². The van der Waals surface area contributed by atoms with E-state index in [0.29, 0.717) is 0 Å². The van der Waals surface area contributed by atoms with E-state index < -0.39 is 47.2 Å². The van der Waals surface area contributed by atoms with Crippen LogP contribution in [0.3, 0.4) is 0 Å². The number of rotatable bonds is 7. The lowest BCUT2D eigenvalue weighted by Crippen LogP contribution is -2.42. The monoisotopic (exact) mass is 286 g/mol. The van der Waals surface area contributed by atoms with Gasteiger partial charge in [0, 0.05) is 10.9 Å². The molecule has 18 heavy (non-hydrogen) atoms. The molecular formula is C9H18O8S. The minimum Gasteiger partial charge on any atom is -0.692 e. The second kappa shape index (κ2) is 7.58. The standard InChI is InChI=1S/C9H18O8S/c10-1-7(16-17-15)5(12)3-18-4-6(13)9(14)8(18)2-11/h5-14H,1-4H2/t5-,6-,7+,8-,9+,18?/m1/s1. The Morgan fingerprint density at radius 2 is 2.00 bits per heavy atom. The molecule has 5 N–H and O–H groups in total. The van der Waals surface area contributed by atoms with E-state index in [-0.39, 0.29) is 18.1 Å². The van der Waals surface area contributed by atoms with Gasteiger partial charge in [-0.05, 0) is 0 Å². The van der Waals surface area contributed by atoms with E-state index in [1.54, 1.807) is 0 Å². The summed E-state index contributed by atoms with van der Waals surface area (Å²) in [4.78, 5) is 4.15. The smallest absolute Gasteiger partial charge is 0.169 e. The van der Waals surface area contributed by atoms with Gasteiger partial charge in [-0.3, -0.25) is 5.04 Å². The van der Waals surface area contributed by atoms with Gasteiger partial charge in [0.25, 0.3) is 0 Å². The third kappa shape index (κ3) is 3.76. The van der Waals surface area contributed by atoms with E-state index in [0.717, 1.165) is 0 Å². The molecule has 1 saturated heterocycles. The Labute approximate surface area is 107 Å². The minimum atomic E-state index is -1.19. The second-order valence-electron chi connectivity index (χ2n) is 4.10. The molecule has 1 heterocycles. The third-order valence-electron chi connectivity index (χ3n) is 2.92. The van der Waals surface area contributed by atoms with Crippen molar-refractivity contribution in [1.29, 1.82) is 0 Å². The molecule has 1 aliphatic rings.